The Bertz CT molecular complexity index is 425. The maximum Gasteiger partial charge on any atom is 0.221 e. The van der Waals surface area contributed by atoms with Gasteiger partial charge in [0.15, 0.2) is 0 Å². The molecule has 1 amide bonds. The van der Waals surface area contributed by atoms with E-state index in [0.29, 0.717) is 12.5 Å². The molecule has 0 aliphatic carbocycles. The summed E-state index contributed by atoms with van der Waals surface area (Å²) in [6.45, 7) is 3.78. The average molecular weight is 362 g/mol. The van der Waals surface area contributed by atoms with Crippen molar-refractivity contribution in [2.45, 2.75) is 38.3 Å². The number of nitrogens with one attached hydrogen (secondary N) is 2. The van der Waals surface area contributed by atoms with Crippen molar-refractivity contribution in [3.05, 3.63) is 35.9 Å². The van der Waals surface area contributed by atoms with Crippen molar-refractivity contribution in [3.8, 4) is 0 Å². The second-order valence-corrected chi connectivity index (χ2v) is 5.92. The Morgan fingerprint density at radius 3 is 2.70 bits per heavy atom. The summed E-state index contributed by atoms with van der Waals surface area (Å²) in [6.07, 6.45) is 3.95. The summed E-state index contributed by atoms with van der Waals surface area (Å²) >= 11 is 0. The Balaban J connectivity index is 0.00000242. The standard InChI is InChI=1S/C17H27N3O.2ClH/c1-20(14-15-7-3-2-4-8-15)12-6-11-19-17(21)13-16-9-5-10-18-16;;/h2-4,7-8,16,18H,5-6,9-14H2,1H3,(H,19,21);2*1H. The van der Waals surface area contributed by atoms with E-state index in [4.69, 9.17) is 0 Å². The first-order valence-electron chi connectivity index (χ1n) is 7.96. The van der Waals surface area contributed by atoms with Crippen LogP contribution < -0.4 is 10.6 Å². The second kappa shape index (κ2) is 12.6. The summed E-state index contributed by atoms with van der Waals surface area (Å²) in [5, 5.41) is 6.38. The number of hydrogen-bond donors (Lipinski definition) is 2. The quantitative estimate of drug-likeness (QED) is 0.699. The topological polar surface area (TPSA) is 44.4 Å². The summed E-state index contributed by atoms with van der Waals surface area (Å²) in [5.41, 5.74) is 1.33. The molecule has 0 saturated carbocycles. The minimum Gasteiger partial charge on any atom is -0.356 e. The highest BCUT2D eigenvalue weighted by molar-refractivity contribution is 5.85. The maximum atomic E-state index is 11.8. The second-order valence-electron chi connectivity index (χ2n) is 5.92. The van der Waals surface area contributed by atoms with Crippen LogP contribution in [0.15, 0.2) is 30.3 Å². The molecule has 1 fully saturated rings. The molecule has 1 aromatic rings. The third-order valence-electron chi connectivity index (χ3n) is 3.93. The normalized spacial score (nSPS) is 16.5. The summed E-state index contributed by atoms with van der Waals surface area (Å²) in [5.74, 6) is 0.181. The number of nitrogens with zero attached hydrogens (tertiary/aromatic N) is 1. The van der Waals surface area contributed by atoms with Gasteiger partial charge < -0.3 is 15.5 Å². The molecule has 4 nitrogen and oxygen atoms in total. The number of halogens is 2. The van der Waals surface area contributed by atoms with Gasteiger partial charge in [-0.3, -0.25) is 4.79 Å². The molecule has 1 aliphatic heterocycles. The van der Waals surface area contributed by atoms with Crippen molar-refractivity contribution >= 4 is 30.7 Å². The van der Waals surface area contributed by atoms with Crippen LogP contribution in [-0.4, -0.2) is 43.5 Å². The van der Waals surface area contributed by atoms with Crippen molar-refractivity contribution in [2.24, 2.45) is 0 Å². The lowest BCUT2D eigenvalue weighted by Crippen LogP contribution is -2.33. The molecule has 1 saturated heterocycles. The molecule has 0 radical (unpaired) electrons. The first-order valence-corrected chi connectivity index (χ1v) is 7.96. The Labute approximate surface area is 152 Å². The molecule has 1 heterocycles. The summed E-state index contributed by atoms with van der Waals surface area (Å²) < 4.78 is 0. The SMILES string of the molecule is CN(CCCNC(=O)CC1CCCN1)Cc1ccccc1.Cl.Cl. The summed E-state index contributed by atoms with van der Waals surface area (Å²) in [4.78, 5) is 14.1. The Kier molecular flexibility index (Phi) is 12.1. The fourth-order valence-corrected chi connectivity index (χ4v) is 2.78. The highest BCUT2D eigenvalue weighted by Crippen LogP contribution is 2.08. The minimum absolute atomic E-state index is 0. The van der Waals surface area contributed by atoms with Crippen LogP contribution >= 0.6 is 24.8 Å². The zero-order valence-electron chi connectivity index (χ0n) is 13.8. The van der Waals surface area contributed by atoms with E-state index in [0.717, 1.165) is 39.0 Å². The van der Waals surface area contributed by atoms with Gasteiger partial charge >= 0.3 is 0 Å². The predicted octanol–water partition coefficient (Wildman–Crippen LogP) is 2.61. The van der Waals surface area contributed by atoms with Gasteiger partial charge in [-0.05, 0) is 45.0 Å². The number of amides is 1. The third kappa shape index (κ3) is 9.16. The smallest absolute Gasteiger partial charge is 0.221 e. The first kappa shape index (κ1) is 22.2. The Morgan fingerprint density at radius 2 is 2.04 bits per heavy atom. The van der Waals surface area contributed by atoms with Crippen LogP contribution in [0.1, 0.15) is 31.2 Å². The van der Waals surface area contributed by atoms with Crippen LogP contribution in [0.3, 0.4) is 0 Å². The van der Waals surface area contributed by atoms with E-state index in [1.54, 1.807) is 0 Å². The van der Waals surface area contributed by atoms with Crippen LogP contribution in [0.5, 0.6) is 0 Å². The van der Waals surface area contributed by atoms with Crippen molar-refractivity contribution in [1.29, 1.82) is 0 Å². The van der Waals surface area contributed by atoms with Gasteiger partial charge in [-0.25, -0.2) is 0 Å². The van der Waals surface area contributed by atoms with E-state index >= 15 is 0 Å². The summed E-state index contributed by atoms with van der Waals surface area (Å²) in [6, 6.07) is 10.9. The van der Waals surface area contributed by atoms with E-state index < -0.39 is 0 Å². The fraction of sp³-hybridized carbons (Fsp3) is 0.588. The zero-order valence-corrected chi connectivity index (χ0v) is 15.4. The molecule has 1 atom stereocenters. The van der Waals surface area contributed by atoms with E-state index in [2.05, 4.69) is 46.8 Å². The van der Waals surface area contributed by atoms with Crippen LogP contribution in [0.4, 0.5) is 0 Å². The van der Waals surface area contributed by atoms with E-state index in [1.165, 1.54) is 12.0 Å². The van der Waals surface area contributed by atoms with Gasteiger partial charge in [-0.15, -0.1) is 24.8 Å². The van der Waals surface area contributed by atoms with Crippen LogP contribution in [-0.2, 0) is 11.3 Å². The van der Waals surface area contributed by atoms with Gasteiger partial charge in [0.05, 0.1) is 0 Å². The van der Waals surface area contributed by atoms with Crippen molar-refractivity contribution in [1.82, 2.24) is 15.5 Å². The van der Waals surface area contributed by atoms with Crippen LogP contribution in [0.2, 0.25) is 0 Å². The minimum atomic E-state index is 0. The van der Waals surface area contributed by atoms with Crippen LogP contribution in [0, 0.1) is 0 Å². The monoisotopic (exact) mass is 361 g/mol. The van der Waals surface area contributed by atoms with E-state index in [9.17, 15) is 4.79 Å². The first-order chi connectivity index (χ1) is 10.2. The highest BCUT2D eigenvalue weighted by Gasteiger charge is 2.17. The molecule has 1 unspecified atom stereocenters. The third-order valence-corrected chi connectivity index (χ3v) is 3.93. The molecule has 6 heteroatoms. The van der Waals surface area contributed by atoms with Crippen molar-refractivity contribution < 1.29 is 4.79 Å². The lowest BCUT2D eigenvalue weighted by atomic mass is 10.1. The molecule has 132 valence electrons. The Hall–Kier alpha value is -0.810. The molecule has 0 bridgehead atoms. The number of rotatable bonds is 8. The van der Waals surface area contributed by atoms with E-state index in [1.807, 2.05) is 6.07 Å². The molecule has 1 aromatic carbocycles. The number of carbonyl (C=O) groups is 1. The molecular formula is C17H29Cl2N3O. The van der Waals surface area contributed by atoms with E-state index in [-0.39, 0.29) is 30.7 Å². The summed E-state index contributed by atoms with van der Waals surface area (Å²) in [7, 11) is 2.12. The molecule has 0 spiro atoms. The van der Waals surface area contributed by atoms with Crippen LogP contribution in [0.25, 0.3) is 0 Å². The molecule has 0 aromatic heterocycles. The highest BCUT2D eigenvalue weighted by atomic mass is 35.5. The Morgan fingerprint density at radius 1 is 1.30 bits per heavy atom. The number of carbonyl (C=O) groups excluding carboxylic acids is 1. The molecule has 2 N–H and O–H groups in total. The van der Waals surface area contributed by atoms with Crippen molar-refractivity contribution in [3.63, 3.8) is 0 Å². The predicted molar refractivity (Wildman–Crippen MR) is 101 cm³/mol. The van der Waals surface area contributed by atoms with Gasteiger partial charge in [0, 0.05) is 25.6 Å². The lowest BCUT2D eigenvalue weighted by molar-refractivity contribution is -0.121. The number of hydrogen-bond acceptors (Lipinski definition) is 3. The molecule has 23 heavy (non-hydrogen) atoms. The molecular weight excluding hydrogens is 333 g/mol. The molecule has 2 rings (SSSR count). The molecule has 1 aliphatic rings. The number of benzene rings is 1. The van der Waals surface area contributed by atoms with Gasteiger partial charge in [0.1, 0.15) is 0 Å². The average Bonchev–Trinajstić information content (AvgIpc) is 2.97. The van der Waals surface area contributed by atoms with Gasteiger partial charge in [0.25, 0.3) is 0 Å². The van der Waals surface area contributed by atoms with Gasteiger partial charge in [0.2, 0.25) is 5.91 Å². The fourth-order valence-electron chi connectivity index (χ4n) is 2.78. The lowest BCUT2D eigenvalue weighted by Gasteiger charge is -2.17. The largest absolute Gasteiger partial charge is 0.356 e. The van der Waals surface area contributed by atoms with Gasteiger partial charge in [-0.2, -0.15) is 0 Å². The van der Waals surface area contributed by atoms with Crippen molar-refractivity contribution in [2.75, 3.05) is 26.7 Å². The maximum absolute atomic E-state index is 11.8. The van der Waals surface area contributed by atoms with Gasteiger partial charge in [-0.1, -0.05) is 30.3 Å². The zero-order chi connectivity index (χ0) is 14.9.